The Bertz CT molecular complexity index is 544. The first-order valence-corrected chi connectivity index (χ1v) is 8.43. The van der Waals surface area contributed by atoms with E-state index < -0.39 is 5.69 Å². The van der Waals surface area contributed by atoms with E-state index in [1.54, 1.807) is 6.92 Å². The molecule has 1 heterocycles. The molecule has 0 saturated carbocycles. The van der Waals surface area contributed by atoms with Crippen LogP contribution in [0, 0.1) is 24.7 Å². The van der Waals surface area contributed by atoms with Crippen molar-refractivity contribution in [2.45, 2.75) is 39.6 Å². The van der Waals surface area contributed by atoms with Crippen LogP contribution in [0.15, 0.2) is 9.82 Å². The van der Waals surface area contributed by atoms with Crippen LogP contribution in [0.25, 0.3) is 0 Å². The van der Waals surface area contributed by atoms with Gasteiger partial charge in [0.1, 0.15) is 5.03 Å². The summed E-state index contributed by atoms with van der Waals surface area (Å²) in [4.78, 5) is 30.2. The van der Waals surface area contributed by atoms with E-state index in [1.165, 1.54) is 11.8 Å². The van der Waals surface area contributed by atoms with Crippen LogP contribution in [0.1, 0.15) is 43.7 Å². The molecule has 5 nitrogen and oxygen atoms in total. The van der Waals surface area contributed by atoms with E-state index >= 15 is 0 Å². The monoisotopic (exact) mass is 311 g/mol. The Balaban J connectivity index is 2.92. The van der Waals surface area contributed by atoms with Crippen LogP contribution >= 0.6 is 11.8 Å². The summed E-state index contributed by atoms with van der Waals surface area (Å²) in [7, 11) is 0. The van der Waals surface area contributed by atoms with Gasteiger partial charge in [0.15, 0.2) is 0 Å². The molecule has 1 aromatic rings. The summed E-state index contributed by atoms with van der Waals surface area (Å²) >= 11 is 1.31. The lowest BCUT2D eigenvalue weighted by atomic mass is 9.85. The maximum Gasteiger partial charge on any atom is 0.346 e. The van der Waals surface area contributed by atoms with Gasteiger partial charge in [0.2, 0.25) is 0 Å². The minimum atomic E-state index is -0.421. The predicted molar refractivity (Wildman–Crippen MR) is 86.9 cm³/mol. The van der Waals surface area contributed by atoms with Gasteiger partial charge in [0, 0.05) is 12.2 Å². The number of aromatic amines is 1. The second-order valence-electron chi connectivity index (χ2n) is 5.91. The lowest BCUT2D eigenvalue weighted by Crippen LogP contribution is -2.35. The molecular weight excluding hydrogens is 286 g/mol. The van der Waals surface area contributed by atoms with Crippen molar-refractivity contribution in [3.05, 3.63) is 21.7 Å². The number of nitrogens with one attached hydrogen (secondary N) is 2. The molecule has 1 rings (SSSR count). The van der Waals surface area contributed by atoms with Gasteiger partial charge in [0.05, 0.1) is 5.56 Å². The zero-order chi connectivity index (χ0) is 16.2. The lowest BCUT2D eigenvalue weighted by molar-refractivity contribution is 0.0932. The van der Waals surface area contributed by atoms with Gasteiger partial charge in [0.25, 0.3) is 5.91 Å². The number of aryl methyl sites for hydroxylation is 1. The Morgan fingerprint density at radius 3 is 2.33 bits per heavy atom. The molecule has 0 spiro atoms. The molecule has 0 unspecified atom stereocenters. The third-order valence-corrected chi connectivity index (χ3v) is 4.40. The van der Waals surface area contributed by atoms with E-state index in [-0.39, 0.29) is 5.91 Å². The summed E-state index contributed by atoms with van der Waals surface area (Å²) in [6.07, 6.45) is 1.81. The number of amides is 1. The fourth-order valence-electron chi connectivity index (χ4n) is 2.51. The largest absolute Gasteiger partial charge is 0.352 e. The average molecular weight is 311 g/mol. The molecule has 0 saturated heterocycles. The fraction of sp³-hybridized carbons (Fsp3) is 0.667. The second-order valence-corrected chi connectivity index (χ2v) is 6.71. The predicted octanol–water partition coefficient (Wildman–Crippen LogP) is 2.46. The molecule has 0 aromatic carbocycles. The van der Waals surface area contributed by atoms with Gasteiger partial charge in [-0.05, 0) is 30.9 Å². The Morgan fingerprint density at radius 1 is 1.29 bits per heavy atom. The van der Waals surface area contributed by atoms with Crippen LogP contribution in [0.5, 0.6) is 0 Å². The molecular formula is C15H25N3O2S. The molecule has 118 valence electrons. The number of rotatable bonds is 6. The molecule has 0 aliphatic carbocycles. The number of H-pyrrole nitrogens is 1. The summed E-state index contributed by atoms with van der Waals surface area (Å²) in [5.41, 5.74) is 0.603. The van der Waals surface area contributed by atoms with Crippen LogP contribution in [0.2, 0.25) is 0 Å². The van der Waals surface area contributed by atoms with Crippen molar-refractivity contribution in [3.8, 4) is 0 Å². The third-order valence-electron chi connectivity index (χ3n) is 3.72. The van der Waals surface area contributed by atoms with E-state index in [1.807, 2.05) is 6.26 Å². The second kappa shape index (κ2) is 7.64. The fourth-order valence-corrected chi connectivity index (χ4v) is 3.14. The Hall–Kier alpha value is -1.30. The van der Waals surface area contributed by atoms with Gasteiger partial charge < -0.3 is 10.3 Å². The molecule has 6 heteroatoms. The van der Waals surface area contributed by atoms with E-state index in [9.17, 15) is 9.59 Å². The molecule has 21 heavy (non-hydrogen) atoms. The number of aromatic nitrogens is 2. The van der Waals surface area contributed by atoms with Crippen molar-refractivity contribution >= 4 is 17.7 Å². The molecule has 0 bridgehead atoms. The normalized spacial score (nSPS) is 11.5. The summed E-state index contributed by atoms with van der Waals surface area (Å²) in [5.74, 6) is 1.25. The van der Waals surface area contributed by atoms with Crippen LogP contribution < -0.4 is 11.0 Å². The van der Waals surface area contributed by atoms with E-state index in [0.717, 1.165) is 0 Å². The van der Waals surface area contributed by atoms with Crippen LogP contribution in [0.4, 0.5) is 0 Å². The minimum absolute atomic E-state index is 0.174. The number of hydrogen-bond acceptors (Lipinski definition) is 4. The van der Waals surface area contributed by atoms with Crippen molar-refractivity contribution in [1.82, 2.24) is 15.3 Å². The Labute approximate surface area is 130 Å². The molecule has 0 fully saturated rings. The minimum Gasteiger partial charge on any atom is -0.352 e. The van der Waals surface area contributed by atoms with Gasteiger partial charge in [-0.15, -0.1) is 11.8 Å². The summed E-state index contributed by atoms with van der Waals surface area (Å²) in [5, 5.41) is 3.45. The zero-order valence-corrected chi connectivity index (χ0v) is 14.4. The first-order chi connectivity index (χ1) is 9.77. The first-order valence-electron chi connectivity index (χ1n) is 7.21. The zero-order valence-electron chi connectivity index (χ0n) is 13.6. The number of carbonyl (C=O) groups is 1. The van der Waals surface area contributed by atoms with E-state index in [2.05, 4.69) is 43.0 Å². The number of nitrogens with zero attached hydrogens (tertiary/aromatic N) is 1. The highest BCUT2D eigenvalue weighted by Crippen LogP contribution is 2.21. The van der Waals surface area contributed by atoms with Crippen molar-refractivity contribution in [3.63, 3.8) is 0 Å². The molecule has 2 N–H and O–H groups in total. The van der Waals surface area contributed by atoms with Crippen molar-refractivity contribution in [2.75, 3.05) is 12.8 Å². The van der Waals surface area contributed by atoms with Crippen LogP contribution in [0.3, 0.4) is 0 Å². The van der Waals surface area contributed by atoms with E-state index in [4.69, 9.17) is 0 Å². The molecule has 0 aliphatic rings. The lowest BCUT2D eigenvalue weighted by Gasteiger charge is -2.25. The molecule has 0 aliphatic heterocycles. The van der Waals surface area contributed by atoms with Crippen LogP contribution in [-0.2, 0) is 0 Å². The smallest absolute Gasteiger partial charge is 0.346 e. The standard InChI is InChI=1S/C15H25N3O2S/c1-8(2)11(9(3)4)7-16-13(19)12-10(5)17-15(20)18-14(12)21-6/h8-9,11H,7H2,1-6H3,(H,16,19)(H,17,18,20). The third kappa shape index (κ3) is 4.59. The summed E-state index contributed by atoms with van der Waals surface area (Å²) < 4.78 is 0. The molecule has 1 amide bonds. The maximum atomic E-state index is 12.4. The Kier molecular flexibility index (Phi) is 6.45. The topological polar surface area (TPSA) is 74.8 Å². The molecule has 1 aromatic heterocycles. The van der Waals surface area contributed by atoms with Gasteiger partial charge in [-0.3, -0.25) is 4.79 Å². The average Bonchev–Trinajstić information content (AvgIpc) is 2.36. The van der Waals surface area contributed by atoms with Crippen molar-refractivity contribution in [2.24, 2.45) is 17.8 Å². The van der Waals surface area contributed by atoms with Gasteiger partial charge >= 0.3 is 5.69 Å². The SMILES string of the molecule is CSc1nc(=O)[nH]c(C)c1C(=O)NCC(C(C)C)C(C)C. The highest BCUT2D eigenvalue weighted by Gasteiger charge is 2.21. The van der Waals surface area contributed by atoms with Crippen LogP contribution in [-0.4, -0.2) is 28.7 Å². The maximum absolute atomic E-state index is 12.4. The van der Waals surface area contributed by atoms with Crippen molar-refractivity contribution in [1.29, 1.82) is 0 Å². The summed E-state index contributed by atoms with van der Waals surface area (Å²) in [6.45, 7) is 11.0. The van der Waals surface area contributed by atoms with Gasteiger partial charge in [-0.2, -0.15) is 4.98 Å². The summed E-state index contributed by atoms with van der Waals surface area (Å²) in [6, 6.07) is 0. The van der Waals surface area contributed by atoms with Gasteiger partial charge in [-0.1, -0.05) is 27.7 Å². The Morgan fingerprint density at radius 2 is 1.86 bits per heavy atom. The van der Waals surface area contributed by atoms with Gasteiger partial charge in [-0.25, -0.2) is 4.79 Å². The quantitative estimate of drug-likeness (QED) is 0.625. The number of hydrogen-bond donors (Lipinski definition) is 2. The van der Waals surface area contributed by atoms with Crippen molar-refractivity contribution < 1.29 is 4.79 Å². The van der Waals surface area contributed by atoms with E-state index in [0.29, 0.717) is 40.6 Å². The molecule has 0 atom stereocenters. The molecule has 0 radical (unpaired) electrons. The highest BCUT2D eigenvalue weighted by atomic mass is 32.2. The first kappa shape index (κ1) is 17.8. The number of thioether (sulfide) groups is 1. The number of carbonyl (C=O) groups excluding carboxylic acids is 1. The highest BCUT2D eigenvalue weighted by molar-refractivity contribution is 7.98.